The molecule has 1 aromatic carbocycles. The van der Waals surface area contributed by atoms with Crippen molar-refractivity contribution < 1.29 is 0 Å². The average Bonchev–Trinajstić information content (AvgIpc) is 2.67. The maximum absolute atomic E-state index is 6.25. The minimum atomic E-state index is 0.622. The van der Waals surface area contributed by atoms with Gasteiger partial charge in [0, 0.05) is 12.1 Å². The highest BCUT2D eigenvalue weighted by atomic mass is 35.5. The van der Waals surface area contributed by atoms with Crippen LogP contribution in [0.3, 0.4) is 0 Å². The van der Waals surface area contributed by atoms with Crippen LogP contribution in [0.5, 0.6) is 0 Å². The Bertz CT molecular complexity index is 589. The van der Waals surface area contributed by atoms with Crippen LogP contribution in [0.25, 0.3) is 11.4 Å². The molecule has 0 bridgehead atoms. The lowest BCUT2D eigenvalue weighted by Crippen LogP contribution is -2.18. The van der Waals surface area contributed by atoms with E-state index in [0.29, 0.717) is 11.1 Å². The predicted molar refractivity (Wildman–Crippen MR) is 75.2 cm³/mol. The number of nitrogens with zero attached hydrogens (tertiary/aromatic N) is 2. The highest BCUT2D eigenvalue weighted by molar-refractivity contribution is 6.33. The lowest BCUT2D eigenvalue weighted by atomic mass is 10.00. The molecular weight excluding hydrogens is 267 g/mol. The summed E-state index contributed by atoms with van der Waals surface area (Å²) in [6.45, 7) is 3.23. The normalized spacial score (nSPS) is 18.7. The fourth-order valence-electron chi connectivity index (χ4n) is 2.53. The number of fused-ring (bicyclic) bond motifs is 1. The molecule has 0 N–H and O–H groups in total. The number of benzene rings is 1. The molecule has 0 fully saturated rings. The molecule has 1 aromatic heterocycles. The number of hydrogen-bond acceptors (Lipinski definition) is 1. The van der Waals surface area contributed by atoms with Gasteiger partial charge in [0.25, 0.3) is 0 Å². The van der Waals surface area contributed by atoms with Gasteiger partial charge in [0.2, 0.25) is 0 Å². The van der Waals surface area contributed by atoms with E-state index in [1.165, 1.54) is 6.42 Å². The maximum Gasteiger partial charge on any atom is 0.150 e. The summed E-state index contributed by atoms with van der Waals surface area (Å²) in [5, 5.41) is 1.34. The Kier molecular flexibility index (Phi) is 3.08. The van der Waals surface area contributed by atoms with Crippen molar-refractivity contribution in [2.75, 3.05) is 0 Å². The monoisotopic (exact) mass is 280 g/mol. The molecule has 18 heavy (non-hydrogen) atoms. The molecule has 4 heteroatoms. The Morgan fingerprint density at radius 1 is 1.28 bits per heavy atom. The van der Waals surface area contributed by atoms with Gasteiger partial charge in [-0.05, 0) is 30.9 Å². The van der Waals surface area contributed by atoms with Gasteiger partial charge in [-0.15, -0.1) is 0 Å². The number of imidazole rings is 1. The van der Waals surface area contributed by atoms with Crippen LogP contribution < -0.4 is 0 Å². The summed E-state index contributed by atoms with van der Waals surface area (Å²) < 4.78 is 2.22. The molecule has 1 aliphatic heterocycles. The Hall–Kier alpha value is -0.990. The second-order valence-electron chi connectivity index (χ2n) is 4.91. The first-order valence-corrected chi connectivity index (χ1v) is 6.92. The third kappa shape index (κ3) is 1.94. The minimum Gasteiger partial charge on any atom is -0.326 e. The zero-order valence-corrected chi connectivity index (χ0v) is 11.7. The molecule has 0 radical (unpaired) electrons. The third-order valence-electron chi connectivity index (χ3n) is 3.51. The highest BCUT2D eigenvalue weighted by Crippen LogP contribution is 2.34. The summed E-state index contributed by atoms with van der Waals surface area (Å²) in [6.07, 6.45) is 2.17. The summed E-state index contributed by atoms with van der Waals surface area (Å²) in [6, 6.07) is 7.78. The quantitative estimate of drug-likeness (QED) is 0.755. The molecule has 1 unspecified atom stereocenters. The van der Waals surface area contributed by atoms with Crippen LogP contribution in [0.15, 0.2) is 24.3 Å². The van der Waals surface area contributed by atoms with Crippen molar-refractivity contribution in [3.63, 3.8) is 0 Å². The zero-order chi connectivity index (χ0) is 12.7. The van der Waals surface area contributed by atoms with Gasteiger partial charge in [0.05, 0.1) is 10.7 Å². The van der Waals surface area contributed by atoms with Gasteiger partial charge >= 0.3 is 0 Å². The molecule has 0 saturated carbocycles. The second-order valence-corrected chi connectivity index (χ2v) is 5.67. The van der Waals surface area contributed by atoms with Gasteiger partial charge in [0.15, 0.2) is 5.15 Å². The van der Waals surface area contributed by atoms with E-state index in [2.05, 4.69) is 16.5 Å². The minimum absolute atomic E-state index is 0.622. The molecule has 3 rings (SSSR count). The smallest absolute Gasteiger partial charge is 0.150 e. The zero-order valence-electron chi connectivity index (χ0n) is 10.2. The molecular formula is C14H14Cl2N2. The van der Waals surface area contributed by atoms with Gasteiger partial charge in [-0.2, -0.15) is 0 Å². The first kappa shape index (κ1) is 12.1. The van der Waals surface area contributed by atoms with Gasteiger partial charge in [-0.25, -0.2) is 4.98 Å². The van der Waals surface area contributed by atoms with Gasteiger partial charge in [-0.1, -0.05) is 42.3 Å². The molecule has 0 saturated heterocycles. The van der Waals surface area contributed by atoms with E-state index in [9.17, 15) is 0 Å². The average molecular weight is 281 g/mol. The number of hydrogen-bond donors (Lipinski definition) is 0. The Morgan fingerprint density at radius 3 is 2.83 bits per heavy atom. The second kappa shape index (κ2) is 4.60. The van der Waals surface area contributed by atoms with E-state index >= 15 is 0 Å². The highest BCUT2D eigenvalue weighted by Gasteiger charge is 2.23. The van der Waals surface area contributed by atoms with Crippen molar-refractivity contribution in [3.05, 3.63) is 40.1 Å². The lowest BCUT2D eigenvalue weighted by molar-refractivity contribution is 0.402. The number of aromatic nitrogens is 2. The van der Waals surface area contributed by atoms with Gasteiger partial charge < -0.3 is 4.57 Å². The van der Waals surface area contributed by atoms with E-state index in [0.717, 1.165) is 35.1 Å². The van der Waals surface area contributed by atoms with Crippen molar-refractivity contribution in [1.82, 2.24) is 9.55 Å². The van der Waals surface area contributed by atoms with Crippen molar-refractivity contribution in [2.45, 2.75) is 26.3 Å². The molecule has 94 valence electrons. The molecule has 0 amide bonds. The Morgan fingerprint density at radius 2 is 2.06 bits per heavy atom. The van der Waals surface area contributed by atoms with Crippen LogP contribution in [-0.2, 0) is 13.0 Å². The molecule has 1 aliphatic rings. The van der Waals surface area contributed by atoms with E-state index in [-0.39, 0.29) is 0 Å². The largest absolute Gasteiger partial charge is 0.326 e. The summed E-state index contributed by atoms with van der Waals surface area (Å²) in [5.74, 6) is 1.55. The van der Waals surface area contributed by atoms with Crippen molar-refractivity contribution >= 4 is 23.2 Å². The first-order chi connectivity index (χ1) is 8.66. The summed E-state index contributed by atoms with van der Waals surface area (Å²) >= 11 is 12.5. The lowest BCUT2D eigenvalue weighted by Gasteiger charge is -2.22. The Balaban J connectivity index is 2.17. The van der Waals surface area contributed by atoms with E-state index in [1.807, 2.05) is 24.3 Å². The van der Waals surface area contributed by atoms with Crippen molar-refractivity contribution in [3.8, 4) is 11.4 Å². The fraction of sp³-hybridized carbons (Fsp3) is 0.357. The number of halogens is 2. The van der Waals surface area contributed by atoms with Crippen LogP contribution >= 0.6 is 23.2 Å². The molecule has 2 heterocycles. The fourth-order valence-corrected chi connectivity index (χ4v) is 3.02. The van der Waals surface area contributed by atoms with Crippen molar-refractivity contribution in [2.24, 2.45) is 5.92 Å². The molecule has 0 spiro atoms. The first-order valence-electron chi connectivity index (χ1n) is 6.16. The third-order valence-corrected chi connectivity index (χ3v) is 4.14. The topological polar surface area (TPSA) is 17.8 Å². The standard InChI is InChI=1S/C14H14Cl2N2/c1-9-6-7-12-13(16)17-14(18(12)8-9)10-4-2-3-5-11(10)15/h2-5,9H,6-8H2,1H3. The van der Waals surface area contributed by atoms with Gasteiger partial charge in [-0.3, -0.25) is 0 Å². The van der Waals surface area contributed by atoms with Crippen LogP contribution in [0.1, 0.15) is 19.0 Å². The van der Waals surface area contributed by atoms with Crippen LogP contribution in [0.4, 0.5) is 0 Å². The molecule has 0 aliphatic carbocycles. The number of rotatable bonds is 1. The molecule has 2 aromatic rings. The van der Waals surface area contributed by atoms with E-state index in [1.54, 1.807) is 0 Å². The Labute approximate surface area is 117 Å². The summed E-state index contributed by atoms with van der Waals surface area (Å²) in [7, 11) is 0. The van der Waals surface area contributed by atoms with Gasteiger partial charge in [0.1, 0.15) is 5.82 Å². The maximum atomic E-state index is 6.25. The van der Waals surface area contributed by atoms with Crippen molar-refractivity contribution in [1.29, 1.82) is 0 Å². The predicted octanol–water partition coefficient (Wildman–Crippen LogP) is 4.44. The summed E-state index contributed by atoms with van der Waals surface area (Å²) in [4.78, 5) is 4.50. The van der Waals surface area contributed by atoms with E-state index in [4.69, 9.17) is 23.2 Å². The summed E-state index contributed by atoms with van der Waals surface area (Å²) in [5.41, 5.74) is 2.10. The van der Waals surface area contributed by atoms with Crippen LogP contribution in [-0.4, -0.2) is 9.55 Å². The van der Waals surface area contributed by atoms with Crippen LogP contribution in [0.2, 0.25) is 10.2 Å². The van der Waals surface area contributed by atoms with Crippen LogP contribution in [0, 0.1) is 5.92 Å². The SMILES string of the molecule is CC1CCc2c(Cl)nc(-c3ccccc3Cl)n2C1. The molecule has 2 nitrogen and oxygen atoms in total. The van der Waals surface area contributed by atoms with E-state index < -0.39 is 0 Å². The molecule has 1 atom stereocenters.